The Morgan fingerprint density at radius 3 is 2.65 bits per heavy atom. The number of hydrogen-bond acceptors (Lipinski definition) is 3. The second-order valence-electron chi connectivity index (χ2n) is 6.07. The van der Waals surface area contributed by atoms with Gasteiger partial charge in [0.1, 0.15) is 28.9 Å². The van der Waals surface area contributed by atoms with Crippen molar-refractivity contribution in [2.24, 2.45) is 0 Å². The maximum atomic E-state index is 13.7. The van der Waals surface area contributed by atoms with E-state index in [4.69, 9.17) is 0 Å². The minimum Gasteiger partial charge on any atom is -0.512 e. The van der Waals surface area contributed by atoms with Gasteiger partial charge in [-0.3, -0.25) is 4.79 Å². The van der Waals surface area contributed by atoms with Gasteiger partial charge >= 0.3 is 0 Å². The Bertz CT molecular complexity index is 1040. The van der Waals surface area contributed by atoms with Crippen LogP contribution in [0.3, 0.4) is 0 Å². The van der Waals surface area contributed by atoms with Crippen molar-refractivity contribution in [3.05, 3.63) is 65.7 Å². The van der Waals surface area contributed by atoms with Gasteiger partial charge in [-0.2, -0.15) is 0 Å². The van der Waals surface area contributed by atoms with Gasteiger partial charge in [0, 0.05) is 18.5 Å². The van der Waals surface area contributed by atoms with Crippen molar-refractivity contribution in [1.82, 2.24) is 9.55 Å². The first-order chi connectivity index (χ1) is 12.5. The average molecular weight is 355 g/mol. The summed E-state index contributed by atoms with van der Waals surface area (Å²) < 4.78 is 29.4. The lowest BCUT2D eigenvalue weighted by Gasteiger charge is -2.19. The summed E-state index contributed by atoms with van der Waals surface area (Å²) in [5.74, 6) is -1.77. The molecular weight excluding hydrogens is 340 g/mol. The van der Waals surface area contributed by atoms with E-state index in [-0.39, 0.29) is 12.2 Å². The molecule has 26 heavy (non-hydrogen) atoms. The van der Waals surface area contributed by atoms with Crippen molar-refractivity contribution < 1.29 is 18.7 Å². The molecule has 5 nitrogen and oxygen atoms in total. The molecule has 0 fully saturated rings. The zero-order valence-corrected chi connectivity index (χ0v) is 13.7. The topological polar surface area (TPSA) is 67.1 Å². The van der Waals surface area contributed by atoms with E-state index in [1.807, 2.05) is 28.8 Å². The van der Waals surface area contributed by atoms with Crippen LogP contribution in [0.25, 0.3) is 16.6 Å². The molecule has 132 valence electrons. The zero-order chi connectivity index (χ0) is 18.3. The fourth-order valence-corrected chi connectivity index (χ4v) is 3.17. The molecule has 3 aromatic rings. The molecule has 2 heterocycles. The van der Waals surface area contributed by atoms with Crippen LogP contribution >= 0.6 is 0 Å². The molecule has 0 saturated heterocycles. The summed E-state index contributed by atoms with van der Waals surface area (Å²) in [5.41, 5.74) is 1.53. The third-order valence-electron chi connectivity index (χ3n) is 4.41. The van der Waals surface area contributed by atoms with E-state index < -0.39 is 23.2 Å². The first-order valence-electron chi connectivity index (χ1n) is 8.15. The van der Waals surface area contributed by atoms with Crippen LogP contribution < -0.4 is 5.32 Å². The molecule has 2 aromatic carbocycles. The number of allylic oxidation sites excluding steroid dienone is 1. The Morgan fingerprint density at radius 2 is 1.88 bits per heavy atom. The molecule has 2 N–H and O–H groups in total. The Kier molecular flexibility index (Phi) is 3.91. The van der Waals surface area contributed by atoms with Gasteiger partial charge in [0.15, 0.2) is 0 Å². The quantitative estimate of drug-likeness (QED) is 0.746. The highest BCUT2D eigenvalue weighted by Gasteiger charge is 2.25. The molecule has 1 aliphatic heterocycles. The molecule has 0 unspecified atom stereocenters. The predicted octanol–water partition coefficient (Wildman–Crippen LogP) is 4.02. The second-order valence-corrected chi connectivity index (χ2v) is 6.07. The number of amides is 1. The van der Waals surface area contributed by atoms with Crippen LogP contribution in [0.5, 0.6) is 0 Å². The monoisotopic (exact) mass is 355 g/mol. The van der Waals surface area contributed by atoms with Crippen LogP contribution in [0.1, 0.15) is 18.7 Å². The maximum absolute atomic E-state index is 13.7. The largest absolute Gasteiger partial charge is 0.512 e. The predicted molar refractivity (Wildman–Crippen MR) is 93.5 cm³/mol. The first-order valence-corrected chi connectivity index (χ1v) is 8.15. The second kappa shape index (κ2) is 6.25. The number of nitrogens with zero attached hydrogens (tertiary/aromatic N) is 2. The van der Waals surface area contributed by atoms with Gasteiger partial charge in [0.25, 0.3) is 0 Å². The van der Waals surface area contributed by atoms with Crippen molar-refractivity contribution in [2.45, 2.75) is 19.4 Å². The lowest BCUT2D eigenvalue weighted by atomic mass is 10.0. The van der Waals surface area contributed by atoms with Gasteiger partial charge < -0.3 is 15.0 Å². The molecule has 0 radical (unpaired) electrons. The Labute approximate surface area is 147 Å². The lowest BCUT2D eigenvalue weighted by molar-refractivity contribution is -0.115. The van der Waals surface area contributed by atoms with Crippen LogP contribution in [-0.2, 0) is 11.3 Å². The van der Waals surface area contributed by atoms with Gasteiger partial charge in [-0.25, -0.2) is 13.8 Å². The van der Waals surface area contributed by atoms with E-state index in [1.165, 1.54) is 6.07 Å². The summed E-state index contributed by atoms with van der Waals surface area (Å²) in [5, 5.41) is 12.5. The molecule has 7 heteroatoms. The highest BCUT2D eigenvalue weighted by Crippen LogP contribution is 2.31. The van der Waals surface area contributed by atoms with E-state index in [2.05, 4.69) is 10.3 Å². The first kappa shape index (κ1) is 16.3. The minimum absolute atomic E-state index is 0.0666. The number of anilines is 1. The smallest absolute Gasteiger partial charge is 0.229 e. The molecule has 0 atom stereocenters. The van der Waals surface area contributed by atoms with E-state index in [9.17, 15) is 18.7 Å². The normalized spacial score (nSPS) is 13.8. The molecule has 1 aromatic heterocycles. The van der Waals surface area contributed by atoms with Crippen LogP contribution in [0, 0.1) is 11.6 Å². The maximum Gasteiger partial charge on any atom is 0.229 e. The third kappa shape index (κ3) is 2.71. The highest BCUT2D eigenvalue weighted by atomic mass is 19.1. The summed E-state index contributed by atoms with van der Waals surface area (Å²) in [4.78, 5) is 16.8. The van der Waals surface area contributed by atoms with Crippen molar-refractivity contribution in [2.75, 3.05) is 5.32 Å². The molecular formula is C19H15F2N3O2. The number of carbonyl (C=O) groups excluding carboxylic acids is 1. The number of para-hydroxylation sites is 3. The number of aliphatic hydroxyl groups is 1. The number of imidazole rings is 1. The Balaban J connectivity index is 1.65. The number of carbonyl (C=O) groups is 1. The SMILES string of the molecule is O=C(CC1=C(O)CCn2c1nc1ccccc12)Nc1c(F)cccc1F. The van der Waals surface area contributed by atoms with Crippen LogP contribution in [0.4, 0.5) is 14.5 Å². The number of fused-ring (bicyclic) bond motifs is 3. The van der Waals surface area contributed by atoms with Crippen molar-refractivity contribution in [3.63, 3.8) is 0 Å². The number of hydrogen-bond donors (Lipinski definition) is 2. The van der Waals surface area contributed by atoms with Crippen molar-refractivity contribution >= 4 is 28.2 Å². The molecule has 0 saturated carbocycles. The van der Waals surface area contributed by atoms with Crippen molar-refractivity contribution in [1.29, 1.82) is 0 Å². The number of aliphatic hydroxyl groups excluding tert-OH is 1. The van der Waals surface area contributed by atoms with E-state index in [0.29, 0.717) is 24.4 Å². The molecule has 1 aliphatic rings. The molecule has 0 bridgehead atoms. The summed E-state index contributed by atoms with van der Waals surface area (Å²) in [6.07, 6.45) is 0.132. The van der Waals surface area contributed by atoms with Gasteiger partial charge in [0.2, 0.25) is 5.91 Å². The Hall–Kier alpha value is -3.22. The minimum atomic E-state index is -0.854. The van der Waals surface area contributed by atoms with Crippen LogP contribution in [0.15, 0.2) is 48.2 Å². The Morgan fingerprint density at radius 1 is 1.15 bits per heavy atom. The van der Waals surface area contributed by atoms with E-state index in [1.54, 1.807) is 0 Å². The standard InChI is InChI=1S/C19H15F2N3O2/c20-12-4-3-5-13(21)18(12)23-17(26)10-11-16(25)8-9-24-15-7-2-1-6-14(15)22-19(11)24/h1-7,25H,8-10H2,(H,23,26). The van der Waals surface area contributed by atoms with Gasteiger partial charge in [-0.1, -0.05) is 18.2 Å². The fourth-order valence-electron chi connectivity index (χ4n) is 3.17. The third-order valence-corrected chi connectivity index (χ3v) is 4.41. The lowest BCUT2D eigenvalue weighted by Crippen LogP contribution is -2.19. The number of rotatable bonds is 3. The van der Waals surface area contributed by atoms with Crippen LogP contribution in [0.2, 0.25) is 0 Å². The van der Waals surface area contributed by atoms with Crippen LogP contribution in [-0.4, -0.2) is 20.6 Å². The molecule has 0 aliphatic carbocycles. The summed E-state index contributed by atoms with van der Waals surface area (Å²) in [6.45, 7) is 0.550. The fraction of sp³-hybridized carbons (Fsp3) is 0.158. The van der Waals surface area contributed by atoms with Gasteiger partial charge in [0.05, 0.1) is 17.5 Å². The number of nitrogens with one attached hydrogen (secondary N) is 1. The molecule has 1 amide bonds. The molecule has 4 rings (SSSR count). The summed E-state index contributed by atoms with van der Waals surface area (Å²) in [7, 11) is 0. The zero-order valence-electron chi connectivity index (χ0n) is 13.7. The summed E-state index contributed by atoms with van der Waals surface area (Å²) >= 11 is 0. The molecule has 0 spiro atoms. The van der Waals surface area contributed by atoms with E-state index >= 15 is 0 Å². The average Bonchev–Trinajstić information content (AvgIpc) is 3.00. The van der Waals surface area contributed by atoms with Crippen molar-refractivity contribution in [3.8, 4) is 0 Å². The van der Waals surface area contributed by atoms with E-state index in [0.717, 1.165) is 23.2 Å². The summed E-state index contributed by atoms with van der Waals surface area (Å²) in [6, 6.07) is 10.9. The number of aryl methyl sites for hydroxylation is 1. The number of benzene rings is 2. The number of aromatic nitrogens is 2. The van der Waals surface area contributed by atoms with Gasteiger partial charge in [-0.15, -0.1) is 0 Å². The highest BCUT2D eigenvalue weighted by molar-refractivity contribution is 5.98. The van der Waals surface area contributed by atoms with Gasteiger partial charge in [-0.05, 0) is 24.3 Å². The number of halogens is 2.